The molecular weight excluding hydrogens is 328 g/mol. The van der Waals surface area contributed by atoms with Crippen molar-refractivity contribution in [2.45, 2.75) is 25.4 Å². The molecule has 0 amide bonds. The summed E-state index contributed by atoms with van der Waals surface area (Å²) >= 11 is 0. The lowest BCUT2D eigenvalue weighted by molar-refractivity contribution is 0.104. The number of benzene rings is 1. The quantitative estimate of drug-likeness (QED) is 0.728. The predicted octanol–water partition coefficient (Wildman–Crippen LogP) is 2.52. The lowest BCUT2D eigenvalue weighted by atomic mass is 9.83. The highest BCUT2D eigenvalue weighted by Gasteiger charge is 2.34. The van der Waals surface area contributed by atoms with Gasteiger partial charge in [0.05, 0.1) is 6.54 Å². The highest BCUT2D eigenvalue weighted by molar-refractivity contribution is 5.53. The Kier molecular flexibility index (Phi) is 3.71. The minimum atomic E-state index is 0.120. The highest BCUT2D eigenvalue weighted by Crippen LogP contribution is 2.35. The van der Waals surface area contributed by atoms with Gasteiger partial charge in [0.2, 0.25) is 11.7 Å². The van der Waals surface area contributed by atoms with Gasteiger partial charge in [-0.3, -0.25) is 9.69 Å². The van der Waals surface area contributed by atoms with Crippen molar-refractivity contribution in [2.75, 3.05) is 13.1 Å². The zero-order chi connectivity index (χ0) is 17.5. The van der Waals surface area contributed by atoms with Gasteiger partial charge >= 0.3 is 0 Å². The van der Waals surface area contributed by atoms with E-state index in [2.05, 4.69) is 21.1 Å². The van der Waals surface area contributed by atoms with E-state index in [1.807, 2.05) is 41.0 Å². The molecule has 0 spiro atoms. The first-order valence-electron chi connectivity index (χ1n) is 9.06. The van der Waals surface area contributed by atoms with Crippen molar-refractivity contribution in [1.29, 1.82) is 0 Å². The third-order valence-electron chi connectivity index (χ3n) is 5.41. The molecule has 4 heterocycles. The van der Waals surface area contributed by atoms with Crippen molar-refractivity contribution in [3.63, 3.8) is 0 Å². The molecule has 1 fully saturated rings. The van der Waals surface area contributed by atoms with Crippen LogP contribution in [0, 0.1) is 5.92 Å². The summed E-state index contributed by atoms with van der Waals surface area (Å²) in [6, 6.07) is 15.5. The summed E-state index contributed by atoms with van der Waals surface area (Å²) < 4.78 is 7.43. The second-order valence-electron chi connectivity index (χ2n) is 7.27. The van der Waals surface area contributed by atoms with Crippen LogP contribution in [0.2, 0.25) is 0 Å². The van der Waals surface area contributed by atoms with E-state index in [-0.39, 0.29) is 5.56 Å². The summed E-state index contributed by atoms with van der Waals surface area (Å²) in [5.41, 5.74) is 2.25. The van der Waals surface area contributed by atoms with Crippen LogP contribution in [0.5, 0.6) is 0 Å². The van der Waals surface area contributed by atoms with Crippen molar-refractivity contribution in [1.82, 2.24) is 19.6 Å². The normalized spacial score (nSPS) is 22.2. The maximum Gasteiger partial charge on any atom is 0.250 e. The molecule has 26 heavy (non-hydrogen) atoms. The van der Waals surface area contributed by atoms with Crippen LogP contribution in [-0.2, 0) is 13.1 Å². The zero-order valence-electron chi connectivity index (χ0n) is 14.4. The van der Waals surface area contributed by atoms with E-state index in [0.29, 0.717) is 30.1 Å². The van der Waals surface area contributed by atoms with Gasteiger partial charge in [-0.05, 0) is 18.4 Å². The number of nitrogens with zero attached hydrogens (tertiary/aromatic N) is 4. The summed E-state index contributed by atoms with van der Waals surface area (Å²) in [5.74, 6) is 2.18. The maximum absolute atomic E-state index is 12.1. The van der Waals surface area contributed by atoms with Crippen LogP contribution in [0.15, 0.2) is 57.8 Å². The third kappa shape index (κ3) is 2.76. The van der Waals surface area contributed by atoms with Crippen LogP contribution in [0.3, 0.4) is 0 Å². The van der Waals surface area contributed by atoms with Crippen LogP contribution >= 0.6 is 0 Å². The number of pyridine rings is 1. The molecule has 1 saturated heterocycles. The summed E-state index contributed by atoms with van der Waals surface area (Å²) in [4.78, 5) is 19.1. The Labute approximate surface area is 151 Å². The standard InChI is InChI=1S/C20H20N4O2/c25-19-8-4-7-17-16-9-14(11-24(17)19)10-23(12-16)13-18-21-20(22-26-18)15-5-2-1-3-6-15/h1-8,14,16H,9-13H2/t14?,16-/m0/s1. The number of fused-ring (bicyclic) bond motifs is 4. The topological polar surface area (TPSA) is 64.2 Å². The fraction of sp³-hybridized carbons (Fsp3) is 0.350. The Balaban J connectivity index is 1.34. The number of hydrogen-bond acceptors (Lipinski definition) is 5. The van der Waals surface area contributed by atoms with E-state index in [9.17, 15) is 4.79 Å². The molecule has 1 unspecified atom stereocenters. The molecule has 0 aliphatic carbocycles. The van der Waals surface area contributed by atoms with Gasteiger partial charge in [0, 0.05) is 42.9 Å². The highest BCUT2D eigenvalue weighted by atomic mass is 16.5. The van der Waals surface area contributed by atoms with Crippen LogP contribution in [0.1, 0.15) is 23.9 Å². The first-order chi connectivity index (χ1) is 12.8. The number of aromatic nitrogens is 3. The summed E-state index contributed by atoms with van der Waals surface area (Å²) in [7, 11) is 0. The molecule has 6 nitrogen and oxygen atoms in total. The van der Waals surface area contributed by atoms with Crippen molar-refractivity contribution < 1.29 is 4.52 Å². The van der Waals surface area contributed by atoms with Crippen LogP contribution in [0.4, 0.5) is 0 Å². The molecule has 2 aromatic heterocycles. The average molecular weight is 348 g/mol. The van der Waals surface area contributed by atoms with Gasteiger partial charge in [-0.2, -0.15) is 4.98 Å². The predicted molar refractivity (Wildman–Crippen MR) is 96.6 cm³/mol. The van der Waals surface area contributed by atoms with Crippen LogP contribution in [0.25, 0.3) is 11.4 Å². The molecule has 132 valence electrons. The van der Waals surface area contributed by atoms with Gasteiger partial charge in [-0.25, -0.2) is 0 Å². The number of hydrogen-bond donors (Lipinski definition) is 0. The molecule has 0 N–H and O–H groups in total. The minimum Gasteiger partial charge on any atom is -0.338 e. The van der Waals surface area contributed by atoms with Crippen LogP contribution in [-0.4, -0.2) is 32.7 Å². The molecule has 3 aromatic rings. The second-order valence-corrected chi connectivity index (χ2v) is 7.27. The van der Waals surface area contributed by atoms with Gasteiger partial charge < -0.3 is 9.09 Å². The van der Waals surface area contributed by atoms with Crippen molar-refractivity contribution in [3.05, 3.63) is 70.5 Å². The van der Waals surface area contributed by atoms with E-state index in [4.69, 9.17) is 4.52 Å². The van der Waals surface area contributed by atoms with Gasteiger partial charge in [0.15, 0.2) is 0 Å². The molecule has 0 saturated carbocycles. The number of piperidine rings is 1. The Bertz CT molecular complexity index is 979. The van der Waals surface area contributed by atoms with E-state index in [0.717, 1.165) is 37.3 Å². The third-order valence-corrected chi connectivity index (χ3v) is 5.41. The first-order valence-corrected chi connectivity index (χ1v) is 9.06. The molecular formula is C20H20N4O2. The second kappa shape index (κ2) is 6.21. The van der Waals surface area contributed by atoms with E-state index in [1.165, 1.54) is 0 Å². The Hall–Kier alpha value is -2.73. The fourth-order valence-electron chi connectivity index (χ4n) is 4.34. The molecule has 5 rings (SSSR count). The summed E-state index contributed by atoms with van der Waals surface area (Å²) in [6.07, 6.45) is 1.15. The summed E-state index contributed by atoms with van der Waals surface area (Å²) in [5, 5.41) is 4.11. The molecule has 2 bridgehead atoms. The lowest BCUT2D eigenvalue weighted by Gasteiger charge is -2.42. The minimum absolute atomic E-state index is 0.120. The SMILES string of the molecule is O=c1cccc2n1CC1C[C@H]2CN(Cc2nc(-c3ccccc3)no2)C1. The van der Waals surface area contributed by atoms with Gasteiger partial charge in [0.25, 0.3) is 5.56 Å². The number of likely N-dealkylation sites (tertiary alicyclic amines) is 1. The Morgan fingerprint density at radius 1 is 1.04 bits per heavy atom. The van der Waals surface area contributed by atoms with Crippen molar-refractivity contribution in [3.8, 4) is 11.4 Å². The monoisotopic (exact) mass is 348 g/mol. The average Bonchev–Trinajstić information content (AvgIpc) is 3.12. The Morgan fingerprint density at radius 3 is 2.81 bits per heavy atom. The first kappa shape index (κ1) is 15.5. The van der Waals surface area contributed by atoms with E-state index >= 15 is 0 Å². The lowest BCUT2D eigenvalue weighted by Crippen LogP contribution is -2.46. The van der Waals surface area contributed by atoms with E-state index in [1.54, 1.807) is 6.07 Å². The molecule has 2 atom stereocenters. The molecule has 2 aliphatic heterocycles. The van der Waals surface area contributed by atoms with Crippen molar-refractivity contribution >= 4 is 0 Å². The van der Waals surface area contributed by atoms with Crippen molar-refractivity contribution in [2.24, 2.45) is 5.92 Å². The number of rotatable bonds is 3. The zero-order valence-corrected chi connectivity index (χ0v) is 14.4. The molecule has 0 radical (unpaired) electrons. The largest absolute Gasteiger partial charge is 0.338 e. The van der Waals surface area contributed by atoms with Gasteiger partial charge in [-0.15, -0.1) is 0 Å². The molecule has 2 aliphatic rings. The molecule has 6 heteroatoms. The van der Waals surface area contributed by atoms with Gasteiger partial charge in [-0.1, -0.05) is 41.6 Å². The molecule has 1 aromatic carbocycles. The fourth-order valence-corrected chi connectivity index (χ4v) is 4.34. The van der Waals surface area contributed by atoms with E-state index < -0.39 is 0 Å². The van der Waals surface area contributed by atoms with Gasteiger partial charge in [0.1, 0.15) is 0 Å². The smallest absolute Gasteiger partial charge is 0.250 e. The maximum atomic E-state index is 12.1. The van der Waals surface area contributed by atoms with Crippen LogP contribution < -0.4 is 5.56 Å². The summed E-state index contributed by atoms with van der Waals surface area (Å²) in [6.45, 7) is 3.34. The Morgan fingerprint density at radius 2 is 1.92 bits per heavy atom.